The van der Waals surface area contributed by atoms with Crippen LogP contribution in [0.25, 0.3) is 0 Å². The number of ether oxygens (including phenoxy) is 1. The molecule has 0 fully saturated rings. The molecule has 0 spiro atoms. The average Bonchev–Trinajstić information content (AvgIpc) is 2.42. The van der Waals surface area contributed by atoms with Gasteiger partial charge in [0, 0.05) is 18.3 Å². The fourth-order valence-corrected chi connectivity index (χ4v) is 1.69. The highest BCUT2D eigenvalue weighted by molar-refractivity contribution is 6.42. The number of nitro groups is 1. The van der Waals surface area contributed by atoms with E-state index in [0.717, 1.165) is 6.07 Å². The van der Waals surface area contributed by atoms with Gasteiger partial charge in [-0.2, -0.15) is 4.98 Å². The zero-order valence-electron chi connectivity index (χ0n) is 10.2. The predicted molar refractivity (Wildman–Crippen MR) is 76.2 cm³/mol. The van der Waals surface area contributed by atoms with E-state index in [1.54, 1.807) is 0 Å². The molecule has 3 N–H and O–H groups in total. The number of amidine groups is 1. The predicted octanol–water partition coefficient (Wildman–Crippen LogP) is 2.77. The second-order valence-corrected chi connectivity index (χ2v) is 4.55. The second kappa shape index (κ2) is 5.90. The summed E-state index contributed by atoms with van der Waals surface area (Å²) in [4.78, 5) is 17.9. The van der Waals surface area contributed by atoms with Crippen molar-refractivity contribution >= 4 is 34.7 Å². The monoisotopic (exact) mass is 327 g/mol. The maximum atomic E-state index is 11.0. The van der Waals surface area contributed by atoms with E-state index in [9.17, 15) is 10.1 Å². The standard InChI is InChI=1S/C11H7Cl2N5O3/c12-5-3-8(18(19)20)9(4-6(5)13)21-11-16-2-1-7(17-11)10(14)15/h1-4H,(H3,14,15). The van der Waals surface area contributed by atoms with Crippen molar-refractivity contribution in [1.29, 1.82) is 5.41 Å². The Bertz CT molecular complexity index is 738. The first-order valence-corrected chi connectivity index (χ1v) is 6.13. The van der Waals surface area contributed by atoms with Crippen molar-refractivity contribution in [3.8, 4) is 11.8 Å². The minimum absolute atomic E-state index is 0.0223. The summed E-state index contributed by atoms with van der Waals surface area (Å²) in [5, 5.41) is 18.4. The smallest absolute Gasteiger partial charge is 0.322 e. The summed E-state index contributed by atoms with van der Waals surface area (Å²) in [6.45, 7) is 0. The van der Waals surface area contributed by atoms with Crippen LogP contribution in [0, 0.1) is 15.5 Å². The van der Waals surface area contributed by atoms with E-state index in [2.05, 4.69) is 9.97 Å². The van der Waals surface area contributed by atoms with Crippen LogP contribution in [-0.2, 0) is 0 Å². The van der Waals surface area contributed by atoms with Crippen LogP contribution in [0.1, 0.15) is 5.69 Å². The molecule has 2 aromatic rings. The van der Waals surface area contributed by atoms with Gasteiger partial charge in [-0.1, -0.05) is 23.2 Å². The lowest BCUT2D eigenvalue weighted by atomic mass is 10.3. The normalized spacial score (nSPS) is 10.2. The molecule has 8 nitrogen and oxygen atoms in total. The van der Waals surface area contributed by atoms with Crippen LogP contribution in [0.15, 0.2) is 24.4 Å². The van der Waals surface area contributed by atoms with E-state index < -0.39 is 4.92 Å². The highest BCUT2D eigenvalue weighted by atomic mass is 35.5. The van der Waals surface area contributed by atoms with Crippen molar-refractivity contribution in [2.75, 3.05) is 0 Å². The molecule has 0 amide bonds. The van der Waals surface area contributed by atoms with E-state index in [1.807, 2.05) is 0 Å². The van der Waals surface area contributed by atoms with Crippen LogP contribution in [0.3, 0.4) is 0 Å². The number of nitrogen functional groups attached to an aromatic ring is 1. The molecule has 1 aromatic carbocycles. The molecular formula is C11H7Cl2N5O3. The molecule has 1 heterocycles. The molecule has 0 radical (unpaired) electrons. The average molecular weight is 328 g/mol. The van der Waals surface area contributed by atoms with E-state index in [4.69, 9.17) is 39.1 Å². The van der Waals surface area contributed by atoms with Crippen LogP contribution < -0.4 is 10.5 Å². The molecule has 0 saturated heterocycles. The first-order valence-electron chi connectivity index (χ1n) is 5.37. The number of aromatic nitrogens is 2. The minimum Gasteiger partial charge on any atom is -0.417 e. The Hall–Kier alpha value is -2.45. The third-order valence-electron chi connectivity index (χ3n) is 2.31. The van der Waals surface area contributed by atoms with Crippen molar-refractivity contribution in [1.82, 2.24) is 9.97 Å². The number of benzene rings is 1. The van der Waals surface area contributed by atoms with Crippen molar-refractivity contribution < 1.29 is 9.66 Å². The fraction of sp³-hybridized carbons (Fsp3) is 0. The highest BCUT2D eigenvalue weighted by Gasteiger charge is 2.20. The largest absolute Gasteiger partial charge is 0.417 e. The molecule has 0 aliphatic carbocycles. The van der Waals surface area contributed by atoms with Crippen molar-refractivity contribution in [3.05, 3.63) is 50.2 Å². The molecule has 2 rings (SSSR count). The van der Waals surface area contributed by atoms with Crippen LogP contribution in [-0.4, -0.2) is 20.7 Å². The minimum atomic E-state index is -0.674. The Morgan fingerprint density at radius 1 is 1.38 bits per heavy atom. The Morgan fingerprint density at radius 3 is 2.67 bits per heavy atom. The van der Waals surface area contributed by atoms with Gasteiger partial charge in [0.15, 0.2) is 0 Å². The Kier molecular flexibility index (Phi) is 4.20. The summed E-state index contributed by atoms with van der Waals surface area (Å²) in [6.07, 6.45) is 1.31. The fourth-order valence-electron chi connectivity index (χ4n) is 1.38. The van der Waals surface area contributed by atoms with Crippen LogP contribution in [0.4, 0.5) is 5.69 Å². The van der Waals surface area contributed by atoms with Crippen molar-refractivity contribution in [3.63, 3.8) is 0 Å². The number of hydrogen-bond acceptors (Lipinski definition) is 6. The number of rotatable bonds is 4. The van der Waals surface area contributed by atoms with Gasteiger partial charge in [0.25, 0.3) is 0 Å². The Balaban J connectivity index is 2.43. The molecule has 0 bridgehead atoms. The number of nitrogens with one attached hydrogen (secondary N) is 1. The van der Waals surface area contributed by atoms with Gasteiger partial charge in [0.1, 0.15) is 11.5 Å². The molecule has 21 heavy (non-hydrogen) atoms. The third kappa shape index (κ3) is 3.36. The third-order valence-corrected chi connectivity index (χ3v) is 3.03. The van der Waals surface area contributed by atoms with Gasteiger partial charge in [-0.25, -0.2) is 4.98 Å². The first kappa shape index (κ1) is 14.9. The van der Waals surface area contributed by atoms with Crippen LogP contribution in [0.5, 0.6) is 11.8 Å². The Morgan fingerprint density at radius 2 is 2.05 bits per heavy atom. The van der Waals surface area contributed by atoms with Gasteiger partial charge in [0.05, 0.1) is 15.0 Å². The quantitative estimate of drug-likeness (QED) is 0.384. The van der Waals surface area contributed by atoms with E-state index in [1.165, 1.54) is 18.3 Å². The summed E-state index contributed by atoms with van der Waals surface area (Å²) in [5.41, 5.74) is 5.03. The van der Waals surface area contributed by atoms with E-state index >= 15 is 0 Å². The van der Waals surface area contributed by atoms with Gasteiger partial charge in [0.2, 0.25) is 5.75 Å². The summed E-state index contributed by atoms with van der Waals surface area (Å²) < 4.78 is 5.24. The molecule has 0 aliphatic heterocycles. The SMILES string of the molecule is N=C(N)c1ccnc(Oc2cc(Cl)c(Cl)cc2[N+](=O)[O-])n1. The molecule has 108 valence electrons. The lowest BCUT2D eigenvalue weighted by molar-refractivity contribution is -0.385. The summed E-state index contributed by atoms with van der Waals surface area (Å²) in [7, 11) is 0. The molecule has 0 unspecified atom stereocenters. The second-order valence-electron chi connectivity index (χ2n) is 3.73. The van der Waals surface area contributed by atoms with Crippen LogP contribution >= 0.6 is 23.2 Å². The van der Waals surface area contributed by atoms with Gasteiger partial charge >= 0.3 is 11.7 Å². The van der Waals surface area contributed by atoms with E-state index in [0.29, 0.717) is 0 Å². The zero-order chi connectivity index (χ0) is 15.6. The van der Waals surface area contributed by atoms with Crippen molar-refractivity contribution in [2.45, 2.75) is 0 Å². The van der Waals surface area contributed by atoms with Crippen LogP contribution in [0.2, 0.25) is 10.0 Å². The molecule has 0 saturated carbocycles. The summed E-state index contributed by atoms with van der Waals surface area (Å²) in [5.74, 6) is -0.457. The summed E-state index contributed by atoms with van der Waals surface area (Å²) in [6, 6.07) is 3.45. The lowest BCUT2D eigenvalue weighted by Gasteiger charge is -2.06. The van der Waals surface area contributed by atoms with Gasteiger partial charge in [-0.15, -0.1) is 0 Å². The van der Waals surface area contributed by atoms with Gasteiger partial charge in [-0.3, -0.25) is 15.5 Å². The molecule has 0 atom stereocenters. The maximum Gasteiger partial charge on any atom is 0.322 e. The number of hydrogen-bond donors (Lipinski definition) is 2. The van der Waals surface area contributed by atoms with E-state index in [-0.39, 0.29) is 39.0 Å². The van der Waals surface area contributed by atoms with Gasteiger partial charge < -0.3 is 10.5 Å². The van der Waals surface area contributed by atoms with Gasteiger partial charge in [-0.05, 0) is 6.07 Å². The lowest BCUT2D eigenvalue weighted by Crippen LogP contribution is -2.13. The highest BCUT2D eigenvalue weighted by Crippen LogP contribution is 2.37. The number of nitro benzene ring substituents is 1. The topological polar surface area (TPSA) is 128 Å². The maximum absolute atomic E-state index is 11.0. The first-order chi connectivity index (χ1) is 9.88. The molecular weight excluding hydrogens is 321 g/mol. The number of nitrogens with zero attached hydrogens (tertiary/aromatic N) is 3. The molecule has 10 heteroatoms. The number of nitrogens with two attached hydrogens (primary N) is 1. The Labute approximate surface area is 128 Å². The van der Waals surface area contributed by atoms with Crippen molar-refractivity contribution in [2.24, 2.45) is 5.73 Å². The molecule has 0 aliphatic rings. The zero-order valence-corrected chi connectivity index (χ0v) is 11.7. The summed E-state index contributed by atoms with van der Waals surface area (Å²) >= 11 is 11.5. The molecule has 1 aromatic heterocycles. The number of halogens is 2.